The predicted octanol–water partition coefficient (Wildman–Crippen LogP) is 3.55. The van der Waals surface area contributed by atoms with Crippen LogP contribution < -0.4 is 0 Å². The number of alkyl halides is 1. The molecule has 0 saturated heterocycles. The molecule has 1 saturated carbocycles. The van der Waals surface area contributed by atoms with Gasteiger partial charge in [-0.2, -0.15) is 0 Å². The molecule has 0 amide bonds. The molecule has 0 atom stereocenters. The van der Waals surface area contributed by atoms with Gasteiger partial charge in [0.25, 0.3) is 0 Å². The fourth-order valence-electron chi connectivity index (χ4n) is 1.80. The van der Waals surface area contributed by atoms with Crippen molar-refractivity contribution in [3.63, 3.8) is 0 Å². The lowest BCUT2D eigenvalue weighted by atomic mass is 9.90. The second-order valence-corrected chi connectivity index (χ2v) is 4.18. The van der Waals surface area contributed by atoms with Gasteiger partial charge in [-0.25, -0.2) is 0 Å². The first-order valence-corrected chi connectivity index (χ1v) is 6.47. The summed E-state index contributed by atoms with van der Waals surface area (Å²) in [5, 5.41) is 1.04. The van der Waals surface area contributed by atoms with Crippen molar-refractivity contribution < 1.29 is 0 Å². The molecule has 1 aliphatic carbocycles. The molecule has 0 aromatic rings. The first-order chi connectivity index (χ1) is 6.33. The van der Waals surface area contributed by atoms with Gasteiger partial charge in [0.1, 0.15) is 0 Å². The van der Waals surface area contributed by atoms with Crippen molar-refractivity contribution in [2.24, 2.45) is 0 Å². The van der Waals surface area contributed by atoms with Crippen LogP contribution in [0.5, 0.6) is 0 Å². The van der Waals surface area contributed by atoms with Crippen LogP contribution in [0.25, 0.3) is 0 Å². The highest BCUT2D eigenvalue weighted by atomic mass is 79.9. The zero-order valence-corrected chi connectivity index (χ0v) is 10.4. The van der Waals surface area contributed by atoms with E-state index in [1.165, 1.54) is 32.2 Å². The van der Waals surface area contributed by atoms with Gasteiger partial charge in [0.2, 0.25) is 0 Å². The van der Waals surface area contributed by atoms with Crippen LogP contribution in [0.2, 0.25) is 0 Å². The summed E-state index contributed by atoms with van der Waals surface area (Å²) < 4.78 is 0. The molecule has 13 heavy (non-hydrogen) atoms. The molecule has 0 radical (unpaired) electrons. The van der Waals surface area contributed by atoms with Crippen LogP contribution >= 0.6 is 15.9 Å². The van der Waals surface area contributed by atoms with Gasteiger partial charge in [0, 0.05) is 24.1 Å². The molecule has 0 spiro atoms. The molecule has 0 aromatic heterocycles. The molecule has 76 valence electrons. The molecule has 1 rings (SSSR count). The van der Waals surface area contributed by atoms with Gasteiger partial charge in [-0.3, -0.25) is 0 Å². The van der Waals surface area contributed by atoms with Gasteiger partial charge in [-0.15, -0.1) is 0 Å². The standard InChI is InChI=1S/C11H20BrN/c1-3-8-13(4-2)11(9-12)10-6-5-7-10/h3-9H2,1-2H3. The van der Waals surface area contributed by atoms with Crippen molar-refractivity contribution in [1.82, 2.24) is 4.90 Å². The zero-order chi connectivity index (χ0) is 9.68. The quantitative estimate of drug-likeness (QED) is 0.670. The molecule has 0 N–H and O–H groups in total. The van der Waals surface area contributed by atoms with Crippen molar-refractivity contribution in [3.8, 4) is 0 Å². The minimum Gasteiger partial charge on any atom is -0.374 e. The second kappa shape index (κ2) is 5.69. The fourth-order valence-corrected chi connectivity index (χ4v) is 2.55. The third-order valence-electron chi connectivity index (χ3n) is 2.75. The largest absolute Gasteiger partial charge is 0.374 e. The molecule has 0 aliphatic heterocycles. The summed E-state index contributed by atoms with van der Waals surface area (Å²) in [4.78, 5) is 2.52. The number of rotatable bonds is 5. The molecule has 0 heterocycles. The van der Waals surface area contributed by atoms with Crippen molar-refractivity contribution in [1.29, 1.82) is 0 Å². The number of allylic oxidation sites excluding steroid dienone is 2. The van der Waals surface area contributed by atoms with E-state index in [1.54, 1.807) is 11.3 Å². The number of hydrogen-bond acceptors (Lipinski definition) is 1. The number of halogens is 1. The highest BCUT2D eigenvalue weighted by Gasteiger charge is 2.17. The Morgan fingerprint density at radius 2 is 2.08 bits per heavy atom. The third-order valence-corrected chi connectivity index (χ3v) is 3.28. The van der Waals surface area contributed by atoms with Crippen molar-refractivity contribution in [2.75, 3.05) is 18.4 Å². The summed E-state index contributed by atoms with van der Waals surface area (Å²) in [6.07, 6.45) is 5.31. The predicted molar refractivity (Wildman–Crippen MR) is 62.2 cm³/mol. The maximum atomic E-state index is 3.60. The van der Waals surface area contributed by atoms with E-state index in [1.807, 2.05) is 0 Å². The monoisotopic (exact) mass is 245 g/mol. The van der Waals surface area contributed by atoms with E-state index in [4.69, 9.17) is 0 Å². The van der Waals surface area contributed by atoms with E-state index in [0.29, 0.717) is 0 Å². The van der Waals surface area contributed by atoms with Gasteiger partial charge in [0.05, 0.1) is 0 Å². The molecular weight excluding hydrogens is 226 g/mol. The number of nitrogens with zero attached hydrogens (tertiary/aromatic N) is 1. The summed E-state index contributed by atoms with van der Waals surface area (Å²) in [5.41, 5.74) is 3.25. The maximum Gasteiger partial charge on any atom is 0.0432 e. The lowest BCUT2D eigenvalue weighted by Gasteiger charge is -2.31. The minimum absolute atomic E-state index is 1.04. The molecule has 1 fully saturated rings. The SMILES string of the molecule is CCCN(CC)C(CBr)=C1CCC1. The summed E-state index contributed by atoms with van der Waals surface area (Å²) >= 11 is 3.60. The first kappa shape index (κ1) is 11.1. The first-order valence-electron chi connectivity index (χ1n) is 5.35. The van der Waals surface area contributed by atoms with Crippen molar-refractivity contribution in [3.05, 3.63) is 11.3 Å². The van der Waals surface area contributed by atoms with E-state index in [9.17, 15) is 0 Å². The van der Waals surface area contributed by atoms with Crippen molar-refractivity contribution >= 4 is 15.9 Å². The van der Waals surface area contributed by atoms with Gasteiger partial charge < -0.3 is 4.90 Å². The number of hydrogen-bond donors (Lipinski definition) is 0. The Labute approximate surface area is 90.3 Å². The summed E-state index contributed by atoms with van der Waals surface area (Å²) in [6.45, 7) is 6.86. The van der Waals surface area contributed by atoms with Crippen LogP contribution in [0.3, 0.4) is 0 Å². The van der Waals surface area contributed by atoms with Gasteiger partial charge >= 0.3 is 0 Å². The maximum absolute atomic E-state index is 3.60. The lowest BCUT2D eigenvalue weighted by Crippen LogP contribution is -2.27. The van der Waals surface area contributed by atoms with Crippen LogP contribution in [-0.4, -0.2) is 23.3 Å². The topological polar surface area (TPSA) is 3.24 Å². The Hall–Kier alpha value is 0.0200. The van der Waals surface area contributed by atoms with Crippen LogP contribution in [0.1, 0.15) is 39.5 Å². The van der Waals surface area contributed by atoms with E-state index in [0.717, 1.165) is 11.9 Å². The molecule has 2 heteroatoms. The summed E-state index contributed by atoms with van der Waals surface area (Å²) in [5.74, 6) is 0. The molecule has 1 nitrogen and oxygen atoms in total. The molecule has 0 bridgehead atoms. The second-order valence-electron chi connectivity index (χ2n) is 3.62. The van der Waals surface area contributed by atoms with E-state index >= 15 is 0 Å². The lowest BCUT2D eigenvalue weighted by molar-refractivity contribution is 0.353. The van der Waals surface area contributed by atoms with Crippen LogP contribution in [0.15, 0.2) is 11.3 Å². The molecule has 1 aliphatic rings. The van der Waals surface area contributed by atoms with Crippen LogP contribution in [-0.2, 0) is 0 Å². The average molecular weight is 246 g/mol. The van der Waals surface area contributed by atoms with Gasteiger partial charge in [-0.05, 0) is 32.6 Å². The Bertz CT molecular complexity index is 181. The normalized spacial score (nSPS) is 15.5. The Morgan fingerprint density at radius 3 is 2.38 bits per heavy atom. The average Bonchev–Trinajstić information content (AvgIpc) is 2.07. The minimum atomic E-state index is 1.04. The highest BCUT2D eigenvalue weighted by Crippen LogP contribution is 2.31. The Kier molecular flexibility index (Phi) is 4.86. The molecule has 0 unspecified atom stereocenters. The van der Waals surface area contributed by atoms with E-state index in [2.05, 4.69) is 34.7 Å². The summed E-state index contributed by atoms with van der Waals surface area (Å²) in [7, 11) is 0. The smallest absolute Gasteiger partial charge is 0.0432 e. The summed E-state index contributed by atoms with van der Waals surface area (Å²) in [6, 6.07) is 0. The Balaban J connectivity index is 2.61. The van der Waals surface area contributed by atoms with Crippen LogP contribution in [0.4, 0.5) is 0 Å². The van der Waals surface area contributed by atoms with Crippen LogP contribution in [0, 0.1) is 0 Å². The van der Waals surface area contributed by atoms with Gasteiger partial charge in [-0.1, -0.05) is 28.4 Å². The molecule has 0 aromatic carbocycles. The van der Waals surface area contributed by atoms with Gasteiger partial charge in [0.15, 0.2) is 0 Å². The highest BCUT2D eigenvalue weighted by molar-refractivity contribution is 9.09. The van der Waals surface area contributed by atoms with E-state index in [-0.39, 0.29) is 0 Å². The zero-order valence-electron chi connectivity index (χ0n) is 8.77. The van der Waals surface area contributed by atoms with E-state index < -0.39 is 0 Å². The fraction of sp³-hybridized carbons (Fsp3) is 0.818. The third kappa shape index (κ3) is 2.73. The molecular formula is C11H20BrN. The van der Waals surface area contributed by atoms with Crippen molar-refractivity contribution in [2.45, 2.75) is 39.5 Å². The Morgan fingerprint density at radius 1 is 1.38 bits per heavy atom.